The first kappa shape index (κ1) is 38.5. The smallest absolute Gasteiger partial charge is 0.229 e. The van der Waals surface area contributed by atoms with E-state index in [9.17, 15) is 40.9 Å². The average Bonchev–Trinajstić information content (AvgIpc) is 3.78. The van der Waals surface area contributed by atoms with Gasteiger partial charge in [0.1, 0.15) is 48.8 Å². The van der Waals surface area contributed by atoms with E-state index < -0.39 is 86.8 Å². The minimum absolute atomic E-state index is 0.0541. The molecule has 4 heterocycles. The predicted octanol–water partition coefficient (Wildman–Crippen LogP) is -1.85. The molecular formula is C34H46O18. The van der Waals surface area contributed by atoms with Gasteiger partial charge in [-0.15, -0.1) is 0 Å². The molecule has 0 radical (unpaired) electrons. The van der Waals surface area contributed by atoms with Crippen molar-refractivity contribution in [1.29, 1.82) is 0 Å². The largest absolute Gasteiger partial charge is 0.493 e. The second kappa shape index (κ2) is 16.0. The molecule has 290 valence electrons. The third-order valence-electron chi connectivity index (χ3n) is 10.1. The van der Waals surface area contributed by atoms with Gasteiger partial charge in [0.2, 0.25) is 24.1 Å². The van der Waals surface area contributed by atoms with E-state index in [2.05, 4.69) is 0 Å². The van der Waals surface area contributed by atoms with Gasteiger partial charge in [0, 0.05) is 11.8 Å². The monoisotopic (exact) mass is 742 g/mol. The molecule has 6 rings (SSSR count). The molecule has 2 aromatic rings. The van der Waals surface area contributed by atoms with Crippen LogP contribution in [0.2, 0.25) is 0 Å². The summed E-state index contributed by atoms with van der Waals surface area (Å²) >= 11 is 0. The highest BCUT2D eigenvalue weighted by atomic mass is 16.7. The maximum absolute atomic E-state index is 10.5. The van der Waals surface area contributed by atoms with E-state index in [-0.39, 0.29) is 46.3 Å². The molecule has 0 saturated carbocycles. The molecule has 2 aromatic carbocycles. The minimum Gasteiger partial charge on any atom is -0.493 e. The molecule has 4 aliphatic heterocycles. The Kier molecular flexibility index (Phi) is 11.8. The third kappa shape index (κ3) is 6.94. The van der Waals surface area contributed by atoms with E-state index in [1.165, 1.54) is 28.4 Å². The van der Waals surface area contributed by atoms with Gasteiger partial charge >= 0.3 is 0 Å². The Morgan fingerprint density at radius 2 is 0.846 bits per heavy atom. The van der Waals surface area contributed by atoms with Crippen molar-refractivity contribution in [3.63, 3.8) is 0 Å². The second-order valence-corrected chi connectivity index (χ2v) is 13.0. The highest BCUT2D eigenvalue weighted by Crippen LogP contribution is 2.54. The maximum atomic E-state index is 10.5. The molecule has 0 bridgehead atoms. The zero-order chi connectivity index (χ0) is 37.4. The molecular weight excluding hydrogens is 696 g/mol. The molecule has 4 fully saturated rings. The molecule has 0 amide bonds. The second-order valence-electron chi connectivity index (χ2n) is 13.0. The van der Waals surface area contributed by atoms with Crippen LogP contribution < -0.4 is 28.4 Å². The van der Waals surface area contributed by atoms with E-state index in [1.807, 2.05) is 0 Å². The summed E-state index contributed by atoms with van der Waals surface area (Å²) in [5.41, 5.74) is 1.37. The van der Waals surface area contributed by atoms with Crippen molar-refractivity contribution in [3.8, 4) is 34.5 Å². The van der Waals surface area contributed by atoms with E-state index >= 15 is 0 Å². The topological polar surface area (TPSA) is 254 Å². The van der Waals surface area contributed by atoms with Crippen molar-refractivity contribution >= 4 is 0 Å². The lowest BCUT2D eigenvalue weighted by molar-refractivity contribution is -0.277. The molecule has 0 aliphatic carbocycles. The summed E-state index contributed by atoms with van der Waals surface area (Å²) in [6.07, 6.45) is -15.9. The van der Waals surface area contributed by atoms with Gasteiger partial charge in [-0.05, 0) is 35.4 Å². The van der Waals surface area contributed by atoms with E-state index in [1.54, 1.807) is 24.3 Å². The summed E-state index contributed by atoms with van der Waals surface area (Å²) in [5.74, 6) is 0.683. The zero-order valence-electron chi connectivity index (χ0n) is 28.9. The lowest BCUT2D eigenvalue weighted by atomic mass is 9.84. The van der Waals surface area contributed by atoms with Gasteiger partial charge in [-0.2, -0.15) is 0 Å². The van der Waals surface area contributed by atoms with Gasteiger partial charge in [-0.25, -0.2) is 0 Å². The third-order valence-corrected chi connectivity index (χ3v) is 10.1. The summed E-state index contributed by atoms with van der Waals surface area (Å²) < 4.78 is 58.0. The number of hydrogen-bond donors (Lipinski definition) is 8. The lowest BCUT2D eigenvalue weighted by Gasteiger charge is -2.39. The Balaban J connectivity index is 1.22. The van der Waals surface area contributed by atoms with Crippen LogP contribution in [0, 0.1) is 11.8 Å². The van der Waals surface area contributed by atoms with Gasteiger partial charge in [0.15, 0.2) is 23.0 Å². The number of aliphatic hydroxyl groups excluding tert-OH is 8. The quantitative estimate of drug-likeness (QED) is 0.119. The molecule has 0 aromatic heterocycles. The summed E-state index contributed by atoms with van der Waals surface area (Å²) in [5, 5.41) is 81.0. The van der Waals surface area contributed by atoms with E-state index in [4.69, 9.17) is 47.4 Å². The van der Waals surface area contributed by atoms with Gasteiger partial charge in [-0.1, -0.05) is 0 Å². The Morgan fingerprint density at radius 1 is 0.519 bits per heavy atom. The van der Waals surface area contributed by atoms with E-state index in [0.717, 1.165) is 0 Å². The minimum atomic E-state index is -1.65. The van der Waals surface area contributed by atoms with Crippen LogP contribution in [0.25, 0.3) is 0 Å². The molecule has 8 N–H and O–H groups in total. The van der Waals surface area contributed by atoms with Crippen molar-refractivity contribution in [2.75, 3.05) is 54.9 Å². The summed E-state index contributed by atoms with van der Waals surface area (Å²) in [7, 11) is 5.66. The fourth-order valence-corrected chi connectivity index (χ4v) is 7.16. The number of aliphatic hydroxyl groups is 8. The Bertz CT molecular complexity index is 1360. The highest BCUT2D eigenvalue weighted by molar-refractivity contribution is 5.56. The van der Waals surface area contributed by atoms with Crippen LogP contribution in [0.1, 0.15) is 23.3 Å². The molecule has 4 aliphatic rings. The number of methoxy groups -OCH3 is 4. The van der Waals surface area contributed by atoms with Gasteiger partial charge in [0.25, 0.3) is 0 Å². The van der Waals surface area contributed by atoms with Crippen molar-refractivity contribution in [1.82, 2.24) is 0 Å². The summed E-state index contributed by atoms with van der Waals surface area (Å²) in [6.45, 7) is -0.604. The van der Waals surface area contributed by atoms with Gasteiger partial charge in [0.05, 0.1) is 67.1 Å². The number of hydrogen-bond acceptors (Lipinski definition) is 18. The fourth-order valence-electron chi connectivity index (χ4n) is 7.16. The standard InChI is InChI=1S/C34H46O18/c1-43-17-5-13(6-18(44-2)31(17)51-33-27(41)25(39)23(37)21(9-35)49-33)29-15-11-48-30(16(15)12-47-29)14-7-19(45-3)32(20(8-14)46-4)52-34-28(42)26(40)24(38)22(10-36)50-34/h5-8,15-16,21-30,33-42H,9-12H2,1-4H3/t15-,16+,21-,22-,23-,24-,25+,26+,27-,28-,29+,30-,33+,34+/m0/s1. The maximum Gasteiger partial charge on any atom is 0.229 e. The Morgan fingerprint density at radius 3 is 1.13 bits per heavy atom. The summed E-state index contributed by atoms with van der Waals surface area (Å²) in [6, 6.07) is 6.78. The van der Waals surface area contributed by atoms with Crippen molar-refractivity contribution in [2.24, 2.45) is 11.8 Å². The van der Waals surface area contributed by atoms with Crippen LogP contribution in [0.4, 0.5) is 0 Å². The van der Waals surface area contributed by atoms with Crippen LogP contribution >= 0.6 is 0 Å². The molecule has 14 atom stereocenters. The predicted molar refractivity (Wildman–Crippen MR) is 172 cm³/mol. The van der Waals surface area contributed by atoms with E-state index in [0.29, 0.717) is 24.3 Å². The lowest BCUT2D eigenvalue weighted by Crippen LogP contribution is -2.60. The Hall–Kier alpha value is -3.24. The van der Waals surface area contributed by atoms with Crippen molar-refractivity contribution < 1.29 is 88.2 Å². The van der Waals surface area contributed by atoms with Crippen LogP contribution in [-0.4, -0.2) is 157 Å². The normalized spacial score (nSPS) is 37.3. The highest BCUT2D eigenvalue weighted by Gasteiger charge is 2.50. The van der Waals surface area contributed by atoms with Crippen molar-refractivity contribution in [2.45, 2.75) is 73.6 Å². The van der Waals surface area contributed by atoms with Crippen LogP contribution in [0.5, 0.6) is 34.5 Å². The van der Waals surface area contributed by atoms with Crippen LogP contribution in [-0.2, 0) is 18.9 Å². The molecule has 0 spiro atoms. The number of fused-ring (bicyclic) bond motifs is 1. The van der Waals surface area contributed by atoms with Crippen LogP contribution in [0.15, 0.2) is 24.3 Å². The zero-order valence-corrected chi connectivity index (χ0v) is 28.9. The number of rotatable bonds is 12. The molecule has 18 nitrogen and oxygen atoms in total. The first-order valence-electron chi connectivity index (χ1n) is 16.7. The SMILES string of the molecule is COc1cc([C@H]2OC[C@@H]3[C@@H]2CO[C@H]3c2cc(OC)c(O[C@H]3O[C@@H](CO)[C@H](O)[C@@H](O)[C@@H]3O)c(OC)c2)cc(OC)c1O[C@H]1O[C@@H](CO)[C@H](O)[C@@H](O)[C@@H]1O. The molecule has 18 heteroatoms. The molecule has 52 heavy (non-hydrogen) atoms. The Labute approximate surface area is 298 Å². The summed E-state index contributed by atoms with van der Waals surface area (Å²) in [4.78, 5) is 0. The number of ether oxygens (including phenoxy) is 10. The van der Waals surface area contributed by atoms with Gasteiger partial charge in [-0.3, -0.25) is 0 Å². The van der Waals surface area contributed by atoms with Gasteiger partial charge < -0.3 is 88.2 Å². The van der Waals surface area contributed by atoms with Crippen LogP contribution in [0.3, 0.4) is 0 Å². The van der Waals surface area contributed by atoms with Crippen molar-refractivity contribution in [3.05, 3.63) is 35.4 Å². The fraction of sp³-hybridized carbons (Fsp3) is 0.647. The first-order valence-corrected chi connectivity index (χ1v) is 16.7. The average molecular weight is 743 g/mol. The first-order chi connectivity index (χ1) is 25.0. The number of benzene rings is 2. The molecule has 4 saturated heterocycles. The molecule has 0 unspecified atom stereocenters.